The molecule has 684 valence electrons. The molecule has 1 unspecified atom stereocenters. The van der Waals surface area contributed by atoms with E-state index in [1.165, 1.54) is 250 Å². The molecular formula is C127H148Br4. The molecule has 0 aliphatic heterocycles. The van der Waals surface area contributed by atoms with Crippen LogP contribution in [-0.2, 0) is 12.8 Å². The maximum absolute atomic E-state index is 3.82. The molecule has 0 nitrogen and oxygen atoms in total. The highest BCUT2D eigenvalue weighted by molar-refractivity contribution is 9.11. The minimum absolute atomic E-state index is 0.560. The molecule has 0 heterocycles. The lowest BCUT2D eigenvalue weighted by Crippen LogP contribution is -2.02. The van der Waals surface area contributed by atoms with Crippen molar-refractivity contribution in [2.75, 3.05) is 0 Å². The summed E-state index contributed by atoms with van der Waals surface area (Å²) in [5.41, 5.74) is 60.6. The summed E-state index contributed by atoms with van der Waals surface area (Å²) in [6.45, 7) is 73.7. The van der Waals surface area contributed by atoms with Crippen molar-refractivity contribution in [3.05, 3.63) is 472 Å². The normalized spacial score (nSPS) is 10.7. The summed E-state index contributed by atoms with van der Waals surface area (Å²) in [7, 11) is 0. The number of hydrogen-bond acceptors (Lipinski definition) is 0. The topological polar surface area (TPSA) is 0 Å². The zero-order valence-electron chi connectivity index (χ0n) is 85.7. The van der Waals surface area contributed by atoms with E-state index in [1.54, 1.807) is 0 Å². The van der Waals surface area contributed by atoms with Crippen molar-refractivity contribution in [3.8, 4) is 44.5 Å². The molecule has 4 heteroatoms. The first kappa shape index (κ1) is 108. The molecule has 0 fully saturated rings. The molecule has 0 bridgehead atoms. The van der Waals surface area contributed by atoms with Crippen LogP contribution in [-0.4, -0.2) is 0 Å². The van der Waals surface area contributed by atoms with Crippen molar-refractivity contribution in [2.45, 2.75) is 254 Å². The van der Waals surface area contributed by atoms with E-state index in [2.05, 4.69) is 548 Å². The van der Waals surface area contributed by atoms with Crippen LogP contribution in [0, 0.1) is 228 Å². The standard InChI is InChI=1S/C21H28.C18H18Br4.C18H22.C16H18.C15H16.C14H14.C9H12.2C8H10/c1-13-8-20(9-14(2)18(13)6)10-17(5)21-11-15(3)19(7)16(4)12-21;1-7-9(3)15(19)13(16(20)10(7)4)14-17(21)11(5)8(2)12(6)18(14)22;1-11-7-17(8-12(2)15(11)5)18-9-13(3)16(6)14(4)10-18;1-11-5-7-15(9-13(11)3)16-8-6-12(2)14(4)10-16;1-12-3-7-14(8-4-12)11-15-9-5-13(2)6-10-15;1-11-3-7-13(8-4-11)14-9-5-12(2)6-10-14;1-7-4-5-8(2)9(3)6-7;1-7-3-5-8(2)6-4-7;1-7-4-3-5-8(2)6-7/h8-9,11-12,17H,10H2,1-7H3;1-6H3;7-10H,1-6H3;5-10H,1-4H3;3-10H,11H2,1-2H3;3-10H,1-2H3;4-6H,1-3H3;2*3-6H,1-2H3. The molecule has 131 heavy (non-hydrogen) atoms. The molecule has 0 saturated heterocycles. The van der Waals surface area contributed by atoms with Crippen molar-refractivity contribution in [2.24, 2.45) is 0 Å². The second-order valence-corrected chi connectivity index (χ2v) is 40.5. The van der Waals surface area contributed by atoms with Crippen molar-refractivity contribution in [3.63, 3.8) is 0 Å². The predicted molar refractivity (Wildman–Crippen MR) is 595 cm³/mol. The van der Waals surface area contributed by atoms with Crippen LogP contribution in [0.3, 0.4) is 0 Å². The van der Waals surface area contributed by atoms with E-state index >= 15 is 0 Å². The van der Waals surface area contributed by atoms with Gasteiger partial charge in [-0.2, -0.15) is 0 Å². The molecular weight excluding hydrogens is 1850 g/mol. The molecule has 0 spiro atoms. The summed E-state index contributed by atoms with van der Waals surface area (Å²) in [6, 6.07) is 90.1. The molecule has 15 aromatic carbocycles. The van der Waals surface area contributed by atoms with Crippen LogP contribution in [0.1, 0.15) is 219 Å². The number of benzene rings is 15. The summed E-state index contributed by atoms with van der Waals surface area (Å²) in [5, 5.41) is 0. The van der Waals surface area contributed by atoms with Gasteiger partial charge in [-0.15, -0.1) is 0 Å². The smallest absolute Gasteiger partial charge is 0.0297 e. The average Bonchev–Trinajstić information content (AvgIpc) is 0.776. The first-order valence-corrected chi connectivity index (χ1v) is 49.5. The molecule has 15 rings (SSSR count). The van der Waals surface area contributed by atoms with Crippen molar-refractivity contribution in [1.82, 2.24) is 0 Å². The number of rotatable bonds is 9. The zero-order valence-corrected chi connectivity index (χ0v) is 92.0. The Kier molecular flexibility index (Phi) is 42.1. The minimum atomic E-state index is 0.560. The van der Waals surface area contributed by atoms with Crippen LogP contribution in [0.5, 0.6) is 0 Å². The molecule has 0 radical (unpaired) electrons. The third-order valence-electron chi connectivity index (χ3n) is 26.4. The van der Waals surface area contributed by atoms with Gasteiger partial charge in [0.05, 0.1) is 0 Å². The van der Waals surface area contributed by atoms with E-state index in [0.717, 1.165) is 30.7 Å². The monoisotopic (exact) mass is 1990 g/mol. The fourth-order valence-electron chi connectivity index (χ4n) is 15.4. The van der Waals surface area contributed by atoms with Crippen LogP contribution >= 0.6 is 63.7 Å². The van der Waals surface area contributed by atoms with Gasteiger partial charge in [-0.05, 0) is 500 Å². The third kappa shape index (κ3) is 32.0. The van der Waals surface area contributed by atoms with E-state index in [4.69, 9.17) is 0 Å². The third-order valence-corrected chi connectivity index (χ3v) is 30.4. The Labute approximate surface area is 827 Å². The Morgan fingerprint density at radius 1 is 0.176 bits per heavy atom. The maximum Gasteiger partial charge on any atom is 0.0297 e. The first-order chi connectivity index (χ1) is 61.6. The van der Waals surface area contributed by atoms with Crippen LogP contribution < -0.4 is 0 Å². The van der Waals surface area contributed by atoms with Gasteiger partial charge in [0.25, 0.3) is 0 Å². The van der Waals surface area contributed by atoms with Gasteiger partial charge >= 0.3 is 0 Å². The van der Waals surface area contributed by atoms with E-state index < -0.39 is 0 Å². The molecule has 1 atom stereocenters. The van der Waals surface area contributed by atoms with Gasteiger partial charge in [0, 0.05) is 29.0 Å². The van der Waals surface area contributed by atoms with E-state index in [9.17, 15) is 0 Å². The fourth-order valence-corrected chi connectivity index (χ4v) is 18.7. The Morgan fingerprint density at radius 3 is 0.672 bits per heavy atom. The Bertz CT molecular complexity index is 5890. The lowest BCUT2D eigenvalue weighted by molar-refractivity contribution is 0.755. The van der Waals surface area contributed by atoms with E-state index in [-0.39, 0.29) is 0 Å². The van der Waals surface area contributed by atoms with Gasteiger partial charge in [0.15, 0.2) is 0 Å². The summed E-state index contributed by atoms with van der Waals surface area (Å²) in [6.07, 6.45) is 2.14. The summed E-state index contributed by atoms with van der Waals surface area (Å²) in [5.74, 6) is 0.560. The molecule has 0 amide bonds. The second kappa shape index (κ2) is 50.9. The van der Waals surface area contributed by atoms with E-state index in [1.807, 2.05) is 0 Å². The fraction of sp³-hybridized carbons (Fsp3) is 0.291. The Morgan fingerprint density at radius 2 is 0.405 bits per heavy atom. The predicted octanol–water partition coefficient (Wildman–Crippen LogP) is 39.0. The van der Waals surface area contributed by atoms with Crippen LogP contribution in [0.4, 0.5) is 0 Å². The Balaban J connectivity index is 0.000000205. The minimum Gasteiger partial charge on any atom is -0.0617 e. The zero-order chi connectivity index (χ0) is 97.3. The number of hydrogen-bond donors (Lipinski definition) is 0. The van der Waals surface area contributed by atoms with Crippen molar-refractivity contribution in [1.29, 1.82) is 0 Å². The summed E-state index contributed by atoms with van der Waals surface area (Å²) < 4.78 is 4.58. The van der Waals surface area contributed by atoms with Gasteiger partial charge in [0.2, 0.25) is 0 Å². The summed E-state index contributed by atoms with van der Waals surface area (Å²) in [4.78, 5) is 0. The number of halogens is 4. The SMILES string of the molecule is Cc1c(C)c(Br)c(-c2c(Br)c(C)c(C)c(C)c2Br)c(Br)c1C.Cc1cc(-c2cc(C)c(C)c(C)c2)cc(C)c1C.Cc1cc(CC(C)c2cc(C)c(C)c(C)c2)cc(C)c1C.Cc1ccc(-c2ccc(C)c(C)c2)cc1C.Cc1ccc(-c2ccc(C)cc2)cc1.Cc1ccc(C)c(C)c1.Cc1ccc(C)cc1.Cc1ccc(Cc2ccc(C)cc2)cc1.Cc1cccc(C)c1. The largest absolute Gasteiger partial charge is 0.0617 e. The lowest BCUT2D eigenvalue weighted by Gasteiger charge is -2.22. The van der Waals surface area contributed by atoms with Gasteiger partial charge in [-0.25, -0.2) is 0 Å². The maximum atomic E-state index is 3.82. The van der Waals surface area contributed by atoms with Gasteiger partial charge < -0.3 is 0 Å². The average molecular weight is 1990 g/mol. The van der Waals surface area contributed by atoms with Gasteiger partial charge in [-0.3, -0.25) is 0 Å². The van der Waals surface area contributed by atoms with Crippen LogP contribution in [0.15, 0.2) is 267 Å². The molecule has 0 aliphatic rings. The van der Waals surface area contributed by atoms with Crippen LogP contribution in [0.2, 0.25) is 0 Å². The molecule has 0 aromatic heterocycles. The number of aryl methyl sites for hydroxylation is 23. The second-order valence-electron chi connectivity index (χ2n) is 37.3. The van der Waals surface area contributed by atoms with Crippen molar-refractivity contribution >= 4 is 63.7 Å². The molecule has 0 N–H and O–H groups in total. The molecule has 0 saturated carbocycles. The molecule has 0 aliphatic carbocycles. The summed E-state index contributed by atoms with van der Waals surface area (Å²) >= 11 is 15.3. The Hall–Kier alpha value is -9.78. The van der Waals surface area contributed by atoms with Crippen molar-refractivity contribution < 1.29 is 0 Å². The highest BCUT2D eigenvalue weighted by atomic mass is 79.9. The van der Waals surface area contributed by atoms with Gasteiger partial charge in [-0.1, -0.05) is 306 Å². The highest BCUT2D eigenvalue weighted by Crippen LogP contribution is 2.49. The van der Waals surface area contributed by atoms with Gasteiger partial charge in [0.1, 0.15) is 0 Å². The van der Waals surface area contributed by atoms with Crippen LogP contribution in [0.25, 0.3) is 44.5 Å². The van der Waals surface area contributed by atoms with E-state index in [0.29, 0.717) is 5.92 Å². The molecule has 15 aromatic rings. The highest BCUT2D eigenvalue weighted by Gasteiger charge is 2.24. The lowest BCUT2D eigenvalue weighted by atomic mass is 9.88. The first-order valence-electron chi connectivity index (χ1n) is 46.4. The quantitative estimate of drug-likeness (QED) is 0.135.